The van der Waals surface area contributed by atoms with E-state index in [9.17, 15) is 4.79 Å². The van der Waals surface area contributed by atoms with Gasteiger partial charge in [-0.25, -0.2) is 0 Å². The van der Waals surface area contributed by atoms with Crippen LogP contribution in [0.5, 0.6) is 0 Å². The predicted molar refractivity (Wildman–Crippen MR) is 33.8 cm³/mol. The highest BCUT2D eigenvalue weighted by Crippen LogP contribution is 2.04. The van der Waals surface area contributed by atoms with Gasteiger partial charge in [0.1, 0.15) is 0 Å². The first kappa shape index (κ1) is 8.39. The fraction of sp³-hybridized carbons (Fsp3) is 0.800. The zero-order chi connectivity index (χ0) is 5.98. The Labute approximate surface area is 53.7 Å². The third-order valence-electron chi connectivity index (χ3n) is 1.46. The first-order valence-electron chi connectivity index (χ1n) is 2.81. The maximum Gasteiger partial charge on any atom is 0.221 e. The lowest BCUT2D eigenvalue weighted by Crippen LogP contribution is -2.24. The first-order chi connectivity index (χ1) is 3.80. The second-order valence-corrected chi connectivity index (χ2v) is 2.09. The van der Waals surface area contributed by atoms with Gasteiger partial charge in [0.25, 0.3) is 0 Å². The van der Waals surface area contributed by atoms with Crippen molar-refractivity contribution >= 4 is 5.91 Å². The van der Waals surface area contributed by atoms with E-state index < -0.39 is 0 Å². The lowest BCUT2D eigenvalue weighted by Gasteiger charge is -1.98. The Hall–Kier alpha value is -0.610. The van der Waals surface area contributed by atoms with Crippen molar-refractivity contribution in [2.75, 3.05) is 13.1 Å². The van der Waals surface area contributed by atoms with E-state index in [-0.39, 0.29) is 17.3 Å². The van der Waals surface area contributed by atoms with Crippen LogP contribution in [0.3, 0.4) is 0 Å². The quantitative estimate of drug-likeness (QED) is 0.443. The molecule has 0 aliphatic carbocycles. The summed E-state index contributed by atoms with van der Waals surface area (Å²) in [7, 11) is 0. The van der Waals surface area contributed by atoms with Gasteiger partial charge in [-0.15, -0.1) is 0 Å². The molecular weight excluding hydrogens is 120 g/mol. The predicted octanol–water partition coefficient (Wildman–Crippen LogP) is -1.74. The van der Waals surface area contributed by atoms with Gasteiger partial charge in [0.05, 0.1) is 5.92 Å². The summed E-state index contributed by atoms with van der Waals surface area (Å²) in [5.74, 6) is -0.0787. The van der Waals surface area contributed by atoms with E-state index in [4.69, 9.17) is 5.73 Å². The van der Waals surface area contributed by atoms with Gasteiger partial charge >= 0.3 is 0 Å². The van der Waals surface area contributed by atoms with E-state index in [1.54, 1.807) is 0 Å². The minimum atomic E-state index is -0.171. The van der Waals surface area contributed by atoms with Gasteiger partial charge in [-0.1, -0.05) is 0 Å². The molecule has 1 aliphatic heterocycles. The fourth-order valence-corrected chi connectivity index (χ4v) is 0.897. The van der Waals surface area contributed by atoms with Crippen LogP contribution in [0.2, 0.25) is 0 Å². The van der Waals surface area contributed by atoms with Crippen molar-refractivity contribution in [2.24, 2.45) is 11.7 Å². The molecule has 1 amide bonds. The second kappa shape index (κ2) is 3.42. The topological polar surface area (TPSA) is 86.6 Å². The third kappa shape index (κ3) is 1.99. The maximum atomic E-state index is 10.4. The van der Waals surface area contributed by atoms with Crippen LogP contribution in [-0.2, 0) is 4.79 Å². The van der Waals surface area contributed by atoms with Gasteiger partial charge in [0.2, 0.25) is 5.91 Å². The molecule has 1 fully saturated rings. The summed E-state index contributed by atoms with van der Waals surface area (Å²) in [5.41, 5.74) is 5.02. The largest absolute Gasteiger partial charge is 0.412 e. The van der Waals surface area contributed by atoms with Crippen molar-refractivity contribution in [3.05, 3.63) is 0 Å². The molecule has 1 saturated heterocycles. The van der Waals surface area contributed by atoms with Gasteiger partial charge in [0, 0.05) is 6.54 Å². The molecule has 5 N–H and O–H groups in total. The molecule has 0 saturated carbocycles. The molecule has 9 heavy (non-hydrogen) atoms. The molecule has 4 heteroatoms. The Morgan fingerprint density at radius 2 is 2.33 bits per heavy atom. The zero-order valence-electron chi connectivity index (χ0n) is 5.18. The average Bonchev–Trinajstić information content (AvgIpc) is 2.12. The summed E-state index contributed by atoms with van der Waals surface area (Å²) < 4.78 is 0. The number of primary amides is 1. The minimum absolute atomic E-state index is 0. The van der Waals surface area contributed by atoms with Crippen molar-refractivity contribution < 1.29 is 10.3 Å². The standard InChI is InChI=1S/C5H10N2O.H2O/c6-5(8)4-1-2-7-3-4;/h4,7H,1-3H2,(H2,6,8);1H2. The number of hydrogen-bond acceptors (Lipinski definition) is 2. The van der Waals surface area contributed by atoms with E-state index in [1.807, 2.05) is 0 Å². The van der Waals surface area contributed by atoms with Gasteiger partial charge < -0.3 is 16.5 Å². The van der Waals surface area contributed by atoms with E-state index in [0.717, 1.165) is 19.5 Å². The van der Waals surface area contributed by atoms with Gasteiger partial charge in [-0.2, -0.15) is 0 Å². The van der Waals surface area contributed by atoms with Crippen molar-refractivity contribution in [1.82, 2.24) is 5.32 Å². The molecule has 4 nitrogen and oxygen atoms in total. The smallest absolute Gasteiger partial charge is 0.221 e. The number of carbonyl (C=O) groups is 1. The summed E-state index contributed by atoms with van der Waals surface area (Å²) in [6.07, 6.45) is 0.912. The molecule has 0 aromatic carbocycles. The molecule has 0 spiro atoms. The molecule has 54 valence electrons. The van der Waals surface area contributed by atoms with E-state index in [1.165, 1.54) is 0 Å². The van der Waals surface area contributed by atoms with Crippen LogP contribution in [0.25, 0.3) is 0 Å². The molecule has 1 unspecified atom stereocenters. The Balaban J connectivity index is 0.000000640. The van der Waals surface area contributed by atoms with Gasteiger partial charge in [-0.3, -0.25) is 4.79 Å². The Bertz CT molecular complexity index is 99.1. The number of amides is 1. The lowest BCUT2D eigenvalue weighted by atomic mass is 10.1. The van der Waals surface area contributed by atoms with Crippen LogP contribution >= 0.6 is 0 Å². The van der Waals surface area contributed by atoms with Crippen molar-refractivity contribution in [2.45, 2.75) is 6.42 Å². The molecule has 0 radical (unpaired) electrons. The SMILES string of the molecule is NC(=O)C1CCNC1.O. The molecule has 1 rings (SSSR count). The molecule has 0 bridgehead atoms. The van der Waals surface area contributed by atoms with Crippen LogP contribution in [-0.4, -0.2) is 24.5 Å². The van der Waals surface area contributed by atoms with Crippen molar-refractivity contribution in [1.29, 1.82) is 0 Å². The highest BCUT2D eigenvalue weighted by atomic mass is 16.1. The van der Waals surface area contributed by atoms with Crippen molar-refractivity contribution in [3.63, 3.8) is 0 Å². The summed E-state index contributed by atoms with van der Waals surface area (Å²) >= 11 is 0. The maximum absolute atomic E-state index is 10.4. The Kier molecular flexibility index (Phi) is 3.19. The van der Waals surface area contributed by atoms with Crippen molar-refractivity contribution in [3.8, 4) is 0 Å². The van der Waals surface area contributed by atoms with Gasteiger partial charge in [-0.05, 0) is 13.0 Å². The summed E-state index contributed by atoms with van der Waals surface area (Å²) in [5, 5.41) is 3.05. The Morgan fingerprint density at radius 3 is 2.56 bits per heavy atom. The molecule has 1 atom stereocenters. The molecular formula is C5H12N2O2. The van der Waals surface area contributed by atoms with E-state index in [2.05, 4.69) is 5.32 Å². The summed E-state index contributed by atoms with van der Waals surface area (Å²) in [4.78, 5) is 10.4. The fourth-order valence-electron chi connectivity index (χ4n) is 0.897. The average molecular weight is 132 g/mol. The highest BCUT2D eigenvalue weighted by molar-refractivity contribution is 5.77. The van der Waals surface area contributed by atoms with Crippen LogP contribution in [0.1, 0.15) is 6.42 Å². The highest BCUT2D eigenvalue weighted by Gasteiger charge is 2.18. The zero-order valence-corrected chi connectivity index (χ0v) is 5.18. The molecule has 1 heterocycles. The number of nitrogens with one attached hydrogen (secondary N) is 1. The van der Waals surface area contributed by atoms with Crippen LogP contribution < -0.4 is 11.1 Å². The van der Waals surface area contributed by atoms with Crippen LogP contribution in [0, 0.1) is 5.92 Å². The van der Waals surface area contributed by atoms with E-state index >= 15 is 0 Å². The third-order valence-corrected chi connectivity index (χ3v) is 1.46. The van der Waals surface area contributed by atoms with E-state index in [0.29, 0.717) is 0 Å². The van der Waals surface area contributed by atoms with Crippen LogP contribution in [0.15, 0.2) is 0 Å². The first-order valence-corrected chi connectivity index (χ1v) is 2.81. The second-order valence-electron chi connectivity index (χ2n) is 2.09. The molecule has 0 aromatic heterocycles. The lowest BCUT2D eigenvalue weighted by molar-refractivity contribution is -0.121. The monoisotopic (exact) mass is 132 g/mol. The van der Waals surface area contributed by atoms with Gasteiger partial charge in [0.15, 0.2) is 0 Å². The summed E-state index contributed by atoms with van der Waals surface area (Å²) in [6, 6.07) is 0. The minimum Gasteiger partial charge on any atom is -0.412 e. The number of rotatable bonds is 1. The summed E-state index contributed by atoms with van der Waals surface area (Å²) in [6.45, 7) is 1.71. The molecule has 0 aromatic rings. The van der Waals surface area contributed by atoms with Crippen LogP contribution in [0.4, 0.5) is 0 Å². The number of nitrogens with two attached hydrogens (primary N) is 1. The Morgan fingerprint density at radius 1 is 1.67 bits per heavy atom. The number of carbonyl (C=O) groups excluding carboxylic acids is 1. The normalized spacial score (nSPS) is 25.1. The molecule has 1 aliphatic rings. The number of hydrogen-bond donors (Lipinski definition) is 2.